The summed E-state index contributed by atoms with van der Waals surface area (Å²) in [5, 5.41) is 8.56. The molecule has 0 amide bonds. The Morgan fingerprint density at radius 3 is 2.58 bits per heavy atom. The topological polar surface area (TPSA) is 39.5 Å². The molecular formula is C15H29N3O. The maximum absolute atomic E-state index is 8.56. The fourth-order valence-corrected chi connectivity index (χ4v) is 2.59. The summed E-state index contributed by atoms with van der Waals surface area (Å²) in [4.78, 5) is 4.70. The quantitative estimate of drug-likeness (QED) is 0.675. The normalized spacial score (nSPS) is 20.2. The van der Waals surface area contributed by atoms with Crippen LogP contribution in [0, 0.1) is 11.3 Å². The van der Waals surface area contributed by atoms with Crippen molar-refractivity contribution in [2.75, 3.05) is 39.8 Å². The lowest BCUT2D eigenvalue weighted by Gasteiger charge is -2.33. The van der Waals surface area contributed by atoms with Gasteiger partial charge in [0.05, 0.1) is 18.8 Å². The molecule has 0 saturated carbocycles. The second-order valence-corrected chi connectivity index (χ2v) is 5.76. The molecule has 0 N–H and O–H groups in total. The molecular weight excluding hydrogens is 238 g/mol. The molecule has 0 aliphatic carbocycles. The minimum absolute atomic E-state index is 0.232. The number of hydrogen-bond donors (Lipinski definition) is 0. The van der Waals surface area contributed by atoms with E-state index in [9.17, 15) is 0 Å². The first kappa shape index (κ1) is 16.4. The van der Waals surface area contributed by atoms with Crippen LogP contribution >= 0.6 is 0 Å². The zero-order chi connectivity index (χ0) is 14.1. The lowest BCUT2D eigenvalue weighted by molar-refractivity contribution is 0.00409. The lowest BCUT2D eigenvalue weighted by atomic mass is 10.1. The van der Waals surface area contributed by atoms with Gasteiger partial charge in [-0.1, -0.05) is 6.42 Å². The van der Waals surface area contributed by atoms with Crippen LogP contribution in [0.2, 0.25) is 0 Å². The summed E-state index contributed by atoms with van der Waals surface area (Å²) in [6.45, 7) is 9.36. The largest absolute Gasteiger partial charge is 0.376 e. The highest BCUT2D eigenvalue weighted by molar-refractivity contribution is 4.73. The lowest BCUT2D eigenvalue weighted by Crippen LogP contribution is -2.41. The van der Waals surface area contributed by atoms with Crippen molar-refractivity contribution in [1.29, 1.82) is 5.26 Å². The van der Waals surface area contributed by atoms with Crippen molar-refractivity contribution in [3.05, 3.63) is 0 Å². The van der Waals surface area contributed by atoms with Crippen LogP contribution in [0.4, 0.5) is 0 Å². The Morgan fingerprint density at radius 1 is 1.26 bits per heavy atom. The molecule has 2 atom stereocenters. The second-order valence-electron chi connectivity index (χ2n) is 5.76. The Labute approximate surface area is 118 Å². The molecule has 19 heavy (non-hydrogen) atoms. The van der Waals surface area contributed by atoms with Gasteiger partial charge in [-0.05, 0) is 46.8 Å². The summed E-state index contributed by atoms with van der Waals surface area (Å²) in [7, 11) is 2.05. The van der Waals surface area contributed by atoms with Gasteiger partial charge in [-0.15, -0.1) is 0 Å². The maximum Gasteiger partial charge on any atom is 0.0674 e. The summed E-state index contributed by atoms with van der Waals surface area (Å²) >= 11 is 0. The standard InChI is InChI=1S/C15H29N3O/c1-14(18-10-5-4-6-11-18)13-19-15(2)12-17(3)9-7-8-16/h14-15H,4-7,9-13H2,1-3H3. The molecule has 1 fully saturated rings. The van der Waals surface area contributed by atoms with E-state index in [1.54, 1.807) is 0 Å². The van der Waals surface area contributed by atoms with E-state index in [4.69, 9.17) is 10.00 Å². The highest BCUT2D eigenvalue weighted by Gasteiger charge is 2.17. The van der Waals surface area contributed by atoms with Crippen LogP contribution in [0.25, 0.3) is 0 Å². The van der Waals surface area contributed by atoms with E-state index in [0.29, 0.717) is 12.5 Å². The number of hydrogen-bond acceptors (Lipinski definition) is 4. The minimum Gasteiger partial charge on any atom is -0.376 e. The fourth-order valence-electron chi connectivity index (χ4n) is 2.59. The van der Waals surface area contributed by atoms with Crippen LogP contribution in [0.15, 0.2) is 0 Å². The van der Waals surface area contributed by atoms with Crippen LogP contribution in [0.1, 0.15) is 39.5 Å². The van der Waals surface area contributed by atoms with Crippen molar-refractivity contribution in [1.82, 2.24) is 9.80 Å². The van der Waals surface area contributed by atoms with E-state index in [0.717, 1.165) is 19.7 Å². The van der Waals surface area contributed by atoms with E-state index in [1.165, 1.54) is 32.4 Å². The van der Waals surface area contributed by atoms with Crippen LogP contribution < -0.4 is 0 Å². The number of ether oxygens (including phenoxy) is 1. The maximum atomic E-state index is 8.56. The van der Waals surface area contributed by atoms with Crippen molar-refractivity contribution in [3.63, 3.8) is 0 Å². The van der Waals surface area contributed by atoms with Gasteiger partial charge in [-0.25, -0.2) is 0 Å². The molecule has 1 heterocycles. The third kappa shape index (κ3) is 6.91. The zero-order valence-electron chi connectivity index (χ0n) is 12.8. The van der Waals surface area contributed by atoms with Crippen LogP contribution in [0.3, 0.4) is 0 Å². The van der Waals surface area contributed by atoms with E-state index in [1.807, 2.05) is 7.05 Å². The summed E-state index contributed by atoms with van der Waals surface area (Å²) in [6, 6.07) is 2.70. The van der Waals surface area contributed by atoms with Crippen molar-refractivity contribution < 1.29 is 4.74 Å². The van der Waals surface area contributed by atoms with Gasteiger partial charge in [0.1, 0.15) is 0 Å². The SMILES string of the molecule is CC(CN(C)CCC#N)OCC(C)N1CCCCC1. The second kappa shape index (κ2) is 9.30. The molecule has 2 unspecified atom stereocenters. The molecule has 1 saturated heterocycles. The van der Waals surface area contributed by atoms with Gasteiger partial charge < -0.3 is 9.64 Å². The Morgan fingerprint density at radius 2 is 1.95 bits per heavy atom. The average Bonchev–Trinajstić information content (AvgIpc) is 2.43. The van der Waals surface area contributed by atoms with Crippen molar-refractivity contribution in [3.8, 4) is 6.07 Å². The summed E-state index contributed by atoms with van der Waals surface area (Å²) in [6.07, 6.45) is 4.86. The molecule has 110 valence electrons. The summed E-state index contributed by atoms with van der Waals surface area (Å²) in [5.41, 5.74) is 0. The van der Waals surface area contributed by atoms with Gasteiger partial charge in [-0.2, -0.15) is 5.26 Å². The predicted octanol–water partition coefficient (Wildman–Crippen LogP) is 2.11. The van der Waals surface area contributed by atoms with Gasteiger partial charge in [0.2, 0.25) is 0 Å². The Hall–Kier alpha value is -0.630. The third-order valence-corrected chi connectivity index (χ3v) is 3.81. The van der Waals surface area contributed by atoms with Crippen LogP contribution in [-0.2, 0) is 4.74 Å². The van der Waals surface area contributed by atoms with Crippen LogP contribution in [0.5, 0.6) is 0 Å². The van der Waals surface area contributed by atoms with Gasteiger partial charge in [0, 0.05) is 25.6 Å². The molecule has 0 spiro atoms. The first-order valence-corrected chi connectivity index (χ1v) is 7.54. The minimum atomic E-state index is 0.232. The summed E-state index contributed by atoms with van der Waals surface area (Å²) < 4.78 is 5.94. The first-order chi connectivity index (χ1) is 9.13. The van der Waals surface area contributed by atoms with E-state index >= 15 is 0 Å². The van der Waals surface area contributed by atoms with Crippen molar-refractivity contribution in [2.45, 2.75) is 51.7 Å². The van der Waals surface area contributed by atoms with Gasteiger partial charge >= 0.3 is 0 Å². The fraction of sp³-hybridized carbons (Fsp3) is 0.933. The molecule has 1 aliphatic rings. The predicted molar refractivity (Wildman–Crippen MR) is 78.0 cm³/mol. The van der Waals surface area contributed by atoms with E-state index in [2.05, 4.69) is 29.7 Å². The molecule has 1 aliphatic heterocycles. The smallest absolute Gasteiger partial charge is 0.0674 e. The highest BCUT2D eigenvalue weighted by Crippen LogP contribution is 2.12. The monoisotopic (exact) mass is 267 g/mol. The van der Waals surface area contributed by atoms with E-state index in [-0.39, 0.29) is 6.10 Å². The van der Waals surface area contributed by atoms with Crippen molar-refractivity contribution in [2.24, 2.45) is 0 Å². The number of piperidine rings is 1. The molecule has 0 radical (unpaired) electrons. The number of likely N-dealkylation sites (tertiary alicyclic amines) is 1. The number of rotatable bonds is 8. The molecule has 4 nitrogen and oxygen atoms in total. The molecule has 0 aromatic carbocycles. The van der Waals surface area contributed by atoms with Crippen LogP contribution in [-0.4, -0.2) is 61.8 Å². The van der Waals surface area contributed by atoms with Gasteiger partial charge in [-0.3, -0.25) is 4.90 Å². The third-order valence-electron chi connectivity index (χ3n) is 3.81. The average molecular weight is 267 g/mol. The Kier molecular flexibility index (Phi) is 8.04. The summed E-state index contributed by atoms with van der Waals surface area (Å²) in [5.74, 6) is 0. The molecule has 0 bridgehead atoms. The first-order valence-electron chi connectivity index (χ1n) is 7.54. The number of nitriles is 1. The zero-order valence-corrected chi connectivity index (χ0v) is 12.8. The van der Waals surface area contributed by atoms with E-state index < -0.39 is 0 Å². The Bertz CT molecular complexity index is 271. The molecule has 1 rings (SSSR count). The Balaban J connectivity index is 2.14. The molecule has 4 heteroatoms. The van der Waals surface area contributed by atoms with Gasteiger partial charge in [0.15, 0.2) is 0 Å². The molecule has 0 aromatic rings. The number of nitrogens with zero attached hydrogens (tertiary/aromatic N) is 3. The number of likely N-dealkylation sites (N-methyl/N-ethyl adjacent to an activating group) is 1. The molecule has 0 aromatic heterocycles. The van der Waals surface area contributed by atoms with Crippen molar-refractivity contribution >= 4 is 0 Å². The highest BCUT2D eigenvalue weighted by atomic mass is 16.5. The van der Waals surface area contributed by atoms with Gasteiger partial charge in [0.25, 0.3) is 0 Å².